The van der Waals surface area contributed by atoms with Gasteiger partial charge in [-0.25, -0.2) is 4.79 Å². The fraction of sp³-hybridized carbons (Fsp3) is 0.125. The summed E-state index contributed by atoms with van der Waals surface area (Å²) in [6, 6.07) is 26.6. The third kappa shape index (κ3) is 4.52. The molecule has 0 amide bonds. The fourth-order valence-corrected chi connectivity index (χ4v) is 4.84. The van der Waals surface area contributed by atoms with E-state index in [1.807, 2.05) is 73.7 Å². The van der Waals surface area contributed by atoms with E-state index < -0.39 is 5.97 Å². The normalized spacial score (nSPS) is 11.6. The van der Waals surface area contributed by atoms with Crippen LogP contribution in [0.4, 0.5) is 0 Å². The molecule has 0 atom stereocenters. The molecule has 188 valence electrons. The number of carbonyl (C=O) groups is 3. The van der Waals surface area contributed by atoms with Crippen LogP contribution in [-0.4, -0.2) is 27.8 Å². The molecule has 6 nitrogen and oxygen atoms in total. The Hall–Kier alpha value is -4.84. The molecule has 5 aromatic rings. The van der Waals surface area contributed by atoms with Gasteiger partial charge in [-0.2, -0.15) is 0 Å². The van der Waals surface area contributed by atoms with Crippen molar-refractivity contribution in [2.75, 3.05) is 0 Å². The number of benzene rings is 4. The van der Waals surface area contributed by atoms with Crippen LogP contribution in [0.2, 0.25) is 0 Å². The number of hydrogen-bond donors (Lipinski definition) is 0. The molecule has 0 aliphatic rings. The van der Waals surface area contributed by atoms with Gasteiger partial charge in [0.1, 0.15) is 5.71 Å². The highest BCUT2D eigenvalue weighted by Crippen LogP contribution is 2.35. The second-order valence-corrected chi connectivity index (χ2v) is 9.38. The molecular weight excluding hydrogens is 476 g/mol. The number of ketones is 2. The summed E-state index contributed by atoms with van der Waals surface area (Å²) in [5.74, 6) is -0.930. The van der Waals surface area contributed by atoms with Crippen LogP contribution in [0.25, 0.3) is 27.5 Å². The van der Waals surface area contributed by atoms with Crippen LogP contribution >= 0.6 is 0 Å². The summed E-state index contributed by atoms with van der Waals surface area (Å²) in [6.07, 6.45) is 0. The Balaban J connectivity index is 1.64. The molecular formula is C32H26N2O4. The van der Waals surface area contributed by atoms with Gasteiger partial charge >= 0.3 is 5.97 Å². The van der Waals surface area contributed by atoms with Crippen molar-refractivity contribution in [1.29, 1.82) is 0 Å². The SMILES string of the molecule is CC(=O)O/N=C(/C)C(=O)c1ccc2c(c1)c1cc(C)cc(C)c1n2-c1ccc(C(=O)c2ccccc2)cc1. The molecule has 0 N–H and O–H groups in total. The topological polar surface area (TPSA) is 77.7 Å². The number of oxime groups is 1. The van der Waals surface area contributed by atoms with Crippen LogP contribution in [0.5, 0.6) is 0 Å². The summed E-state index contributed by atoms with van der Waals surface area (Å²) in [7, 11) is 0. The first-order chi connectivity index (χ1) is 18.2. The molecule has 0 radical (unpaired) electrons. The van der Waals surface area contributed by atoms with Crippen molar-refractivity contribution in [2.24, 2.45) is 5.16 Å². The first kappa shape index (κ1) is 24.8. The molecule has 5 rings (SSSR count). The van der Waals surface area contributed by atoms with Crippen LogP contribution < -0.4 is 0 Å². The van der Waals surface area contributed by atoms with Crippen molar-refractivity contribution in [3.8, 4) is 5.69 Å². The predicted octanol–water partition coefficient (Wildman–Crippen LogP) is 6.75. The number of fused-ring (bicyclic) bond motifs is 3. The number of aryl methyl sites for hydroxylation is 2. The third-order valence-electron chi connectivity index (χ3n) is 6.52. The molecule has 0 aliphatic carbocycles. The molecule has 0 saturated heterocycles. The predicted molar refractivity (Wildman–Crippen MR) is 149 cm³/mol. The molecule has 0 spiro atoms. The van der Waals surface area contributed by atoms with Gasteiger partial charge in [0.25, 0.3) is 0 Å². The zero-order chi connectivity index (χ0) is 27.0. The van der Waals surface area contributed by atoms with Gasteiger partial charge in [-0.05, 0) is 74.9 Å². The lowest BCUT2D eigenvalue weighted by Gasteiger charge is -2.11. The molecule has 1 aromatic heterocycles. The summed E-state index contributed by atoms with van der Waals surface area (Å²) in [4.78, 5) is 41.7. The quantitative estimate of drug-likeness (QED) is 0.111. The van der Waals surface area contributed by atoms with Gasteiger partial charge in [-0.1, -0.05) is 47.1 Å². The lowest BCUT2D eigenvalue weighted by atomic mass is 10.0. The van der Waals surface area contributed by atoms with Gasteiger partial charge in [-0.3, -0.25) is 9.59 Å². The van der Waals surface area contributed by atoms with E-state index in [0.717, 1.165) is 38.6 Å². The summed E-state index contributed by atoms with van der Waals surface area (Å²) in [5.41, 5.74) is 6.89. The molecule has 0 aliphatic heterocycles. The minimum atomic E-state index is -0.585. The highest BCUT2D eigenvalue weighted by molar-refractivity contribution is 6.45. The maximum atomic E-state index is 13.0. The Kier molecular flexibility index (Phi) is 6.47. The van der Waals surface area contributed by atoms with Crippen molar-refractivity contribution in [2.45, 2.75) is 27.7 Å². The van der Waals surface area contributed by atoms with Crippen LogP contribution in [-0.2, 0) is 9.63 Å². The lowest BCUT2D eigenvalue weighted by Crippen LogP contribution is -2.11. The number of carbonyl (C=O) groups excluding carboxylic acids is 3. The maximum absolute atomic E-state index is 13.0. The lowest BCUT2D eigenvalue weighted by molar-refractivity contribution is -0.140. The van der Waals surface area contributed by atoms with E-state index in [1.165, 1.54) is 13.8 Å². The van der Waals surface area contributed by atoms with Crippen LogP contribution in [0.1, 0.15) is 51.3 Å². The Bertz CT molecular complexity index is 1760. The van der Waals surface area contributed by atoms with Crippen LogP contribution in [0.15, 0.2) is 90.1 Å². The van der Waals surface area contributed by atoms with E-state index in [-0.39, 0.29) is 17.3 Å². The standard InChI is InChI=1S/C32H26N2O4/c1-19-16-20(2)30-28(17-19)27-18-25(31(36)21(3)33-38-22(4)35)12-15-29(27)34(30)26-13-10-24(11-14-26)32(37)23-8-6-5-7-9-23/h5-18H,1-4H3/b33-21-. The van der Waals surface area contributed by atoms with Crippen molar-refractivity contribution in [1.82, 2.24) is 4.57 Å². The van der Waals surface area contributed by atoms with E-state index >= 15 is 0 Å². The zero-order valence-electron chi connectivity index (χ0n) is 21.6. The van der Waals surface area contributed by atoms with Crippen LogP contribution in [0, 0.1) is 13.8 Å². The Morgan fingerprint density at radius 2 is 1.39 bits per heavy atom. The summed E-state index contributed by atoms with van der Waals surface area (Å²) < 4.78 is 2.16. The molecule has 0 fully saturated rings. The number of Topliss-reactive ketones (excluding diaryl/α,β-unsaturated/α-hetero) is 1. The van der Waals surface area contributed by atoms with E-state index in [1.54, 1.807) is 6.07 Å². The number of nitrogens with zero attached hydrogens (tertiary/aromatic N) is 2. The third-order valence-corrected chi connectivity index (χ3v) is 6.52. The molecule has 4 aromatic carbocycles. The minimum absolute atomic E-state index is 0.0277. The molecule has 38 heavy (non-hydrogen) atoms. The molecule has 0 bridgehead atoms. The summed E-state index contributed by atoms with van der Waals surface area (Å²) in [6.45, 7) is 6.87. The first-order valence-corrected chi connectivity index (χ1v) is 12.3. The Morgan fingerprint density at radius 1 is 0.737 bits per heavy atom. The van der Waals surface area contributed by atoms with Gasteiger partial charge in [0.05, 0.1) is 11.0 Å². The first-order valence-electron chi connectivity index (χ1n) is 12.3. The van der Waals surface area contributed by atoms with Crippen molar-refractivity contribution in [3.05, 3.63) is 113 Å². The average Bonchev–Trinajstić information content (AvgIpc) is 3.25. The monoisotopic (exact) mass is 502 g/mol. The van der Waals surface area contributed by atoms with Crippen molar-refractivity contribution in [3.63, 3.8) is 0 Å². The zero-order valence-corrected chi connectivity index (χ0v) is 21.6. The summed E-state index contributed by atoms with van der Waals surface area (Å²) >= 11 is 0. The van der Waals surface area contributed by atoms with Gasteiger partial charge in [0.2, 0.25) is 5.78 Å². The minimum Gasteiger partial charge on any atom is -0.318 e. The Morgan fingerprint density at radius 3 is 2.08 bits per heavy atom. The molecule has 0 unspecified atom stereocenters. The van der Waals surface area contributed by atoms with E-state index in [0.29, 0.717) is 16.7 Å². The largest absolute Gasteiger partial charge is 0.331 e. The van der Waals surface area contributed by atoms with E-state index in [9.17, 15) is 14.4 Å². The van der Waals surface area contributed by atoms with Gasteiger partial charge in [-0.15, -0.1) is 0 Å². The maximum Gasteiger partial charge on any atom is 0.331 e. The van der Waals surface area contributed by atoms with Gasteiger partial charge < -0.3 is 9.40 Å². The number of aromatic nitrogens is 1. The molecule has 1 heterocycles. The fourth-order valence-electron chi connectivity index (χ4n) is 4.84. The van der Waals surface area contributed by atoms with Crippen molar-refractivity contribution < 1.29 is 19.2 Å². The van der Waals surface area contributed by atoms with Gasteiger partial charge in [0.15, 0.2) is 5.78 Å². The van der Waals surface area contributed by atoms with E-state index in [2.05, 4.69) is 33.6 Å². The summed E-state index contributed by atoms with van der Waals surface area (Å²) in [5, 5.41) is 5.59. The highest BCUT2D eigenvalue weighted by Gasteiger charge is 2.19. The molecule has 0 saturated carbocycles. The number of hydrogen-bond acceptors (Lipinski definition) is 5. The van der Waals surface area contributed by atoms with Crippen LogP contribution in [0.3, 0.4) is 0 Å². The second-order valence-electron chi connectivity index (χ2n) is 9.38. The molecule has 6 heteroatoms. The number of rotatable bonds is 6. The smallest absolute Gasteiger partial charge is 0.318 e. The average molecular weight is 503 g/mol. The second kappa shape index (κ2) is 9.90. The van der Waals surface area contributed by atoms with Gasteiger partial charge in [0, 0.05) is 40.1 Å². The van der Waals surface area contributed by atoms with E-state index in [4.69, 9.17) is 0 Å². The van der Waals surface area contributed by atoms with Crippen molar-refractivity contribution >= 4 is 45.1 Å². The Labute approximate surface area is 220 Å². The highest BCUT2D eigenvalue weighted by atomic mass is 16.7.